The SMILES string of the molecule is COc1cc(OC)c(F)c(C#Cc2nc([C@H]3CCN(C(=O)O)C3C(C)(C)C)n3c(Cl)cnc(N)c23)c1F. The van der Waals surface area contributed by atoms with E-state index in [2.05, 4.69) is 21.8 Å². The number of imidazole rings is 1. The standard InChI is InChI=1S/C25H26ClF2N5O4/c1-25(2,3)21-13(8-9-32(21)24(34)35)23-31-14(20-22(29)30-11-17(26)33(20)23)7-6-12-18(27)15(36-4)10-16(37-5)19(12)28/h10-11,13,21H,8-9H2,1-5H3,(H2,29,30)(H,34,35)/t13-,21?/m0/s1. The minimum atomic E-state index is -1.03. The predicted molar refractivity (Wildman–Crippen MR) is 133 cm³/mol. The van der Waals surface area contributed by atoms with Crippen LogP contribution in [0, 0.1) is 28.9 Å². The van der Waals surface area contributed by atoms with Gasteiger partial charge < -0.3 is 25.2 Å². The zero-order valence-corrected chi connectivity index (χ0v) is 21.7. The molecule has 1 fully saturated rings. The fourth-order valence-electron chi connectivity index (χ4n) is 4.93. The maximum Gasteiger partial charge on any atom is 0.407 e. The number of benzene rings is 1. The van der Waals surface area contributed by atoms with Gasteiger partial charge in [-0.2, -0.15) is 0 Å². The molecule has 196 valence electrons. The van der Waals surface area contributed by atoms with Crippen molar-refractivity contribution in [2.24, 2.45) is 5.41 Å². The van der Waals surface area contributed by atoms with Crippen LogP contribution in [0.4, 0.5) is 19.4 Å². The van der Waals surface area contributed by atoms with Crippen molar-refractivity contribution in [2.75, 3.05) is 26.5 Å². The van der Waals surface area contributed by atoms with Gasteiger partial charge in [0.15, 0.2) is 29.0 Å². The normalized spacial score (nSPS) is 17.6. The number of likely N-dealkylation sites (tertiary alicyclic amines) is 1. The summed E-state index contributed by atoms with van der Waals surface area (Å²) in [5, 5.41) is 9.99. The van der Waals surface area contributed by atoms with Gasteiger partial charge in [-0.15, -0.1) is 0 Å². The number of nitrogen functional groups attached to an aromatic ring is 1. The van der Waals surface area contributed by atoms with Crippen molar-refractivity contribution in [3.05, 3.63) is 46.1 Å². The number of aromatic nitrogens is 3. The number of ether oxygens (including phenoxy) is 2. The van der Waals surface area contributed by atoms with Crippen molar-refractivity contribution in [3.8, 4) is 23.3 Å². The number of carbonyl (C=O) groups is 1. The summed E-state index contributed by atoms with van der Waals surface area (Å²) < 4.78 is 41.3. The summed E-state index contributed by atoms with van der Waals surface area (Å²) in [6.07, 6.45) is 0.803. The maximum absolute atomic E-state index is 14.9. The van der Waals surface area contributed by atoms with Crippen LogP contribution in [0.15, 0.2) is 12.3 Å². The molecule has 1 amide bonds. The number of nitrogens with zero attached hydrogens (tertiary/aromatic N) is 4. The number of amides is 1. The van der Waals surface area contributed by atoms with E-state index in [0.717, 1.165) is 6.07 Å². The van der Waals surface area contributed by atoms with E-state index in [-0.39, 0.29) is 39.6 Å². The zero-order valence-electron chi connectivity index (χ0n) is 20.9. The third-order valence-corrected chi connectivity index (χ3v) is 6.68. The minimum Gasteiger partial charge on any atom is -0.493 e. The highest BCUT2D eigenvalue weighted by molar-refractivity contribution is 6.29. The number of carboxylic acid groups (broad SMARTS) is 1. The molecule has 1 saturated heterocycles. The maximum atomic E-state index is 14.9. The number of anilines is 1. The lowest BCUT2D eigenvalue weighted by molar-refractivity contribution is 0.100. The monoisotopic (exact) mass is 533 g/mol. The number of halogens is 3. The molecular weight excluding hydrogens is 508 g/mol. The molecule has 0 saturated carbocycles. The summed E-state index contributed by atoms with van der Waals surface area (Å²) in [6, 6.07) is 0.655. The second-order valence-corrected chi connectivity index (χ2v) is 10.1. The molecule has 3 N–H and O–H groups in total. The highest BCUT2D eigenvalue weighted by Crippen LogP contribution is 2.43. The molecule has 2 atom stereocenters. The second-order valence-electron chi connectivity index (χ2n) is 9.68. The molecule has 0 bridgehead atoms. The van der Waals surface area contributed by atoms with Gasteiger partial charge in [0, 0.05) is 24.6 Å². The van der Waals surface area contributed by atoms with Gasteiger partial charge >= 0.3 is 6.09 Å². The first-order valence-electron chi connectivity index (χ1n) is 11.3. The summed E-state index contributed by atoms with van der Waals surface area (Å²) in [6.45, 7) is 6.14. The third-order valence-electron chi connectivity index (χ3n) is 6.41. The Labute approximate surface area is 217 Å². The van der Waals surface area contributed by atoms with Gasteiger partial charge in [0.1, 0.15) is 27.8 Å². The van der Waals surface area contributed by atoms with E-state index in [1.807, 2.05) is 20.8 Å². The Kier molecular flexibility index (Phi) is 6.81. The largest absolute Gasteiger partial charge is 0.493 e. The Bertz CT molecular complexity index is 1430. The van der Waals surface area contributed by atoms with E-state index in [0.29, 0.717) is 18.8 Å². The Morgan fingerprint density at radius 3 is 2.38 bits per heavy atom. The van der Waals surface area contributed by atoms with Gasteiger partial charge in [-0.3, -0.25) is 4.40 Å². The fraction of sp³-hybridized carbons (Fsp3) is 0.400. The number of hydrogen-bond donors (Lipinski definition) is 2. The van der Waals surface area contributed by atoms with Gasteiger partial charge in [0.2, 0.25) is 0 Å². The molecular formula is C25H26ClF2N5O4. The van der Waals surface area contributed by atoms with Crippen LogP contribution in [0.1, 0.15) is 50.2 Å². The molecule has 1 unspecified atom stereocenters. The van der Waals surface area contributed by atoms with Crippen molar-refractivity contribution in [2.45, 2.75) is 39.2 Å². The lowest BCUT2D eigenvalue weighted by Gasteiger charge is -2.36. The van der Waals surface area contributed by atoms with Crippen LogP contribution >= 0.6 is 11.6 Å². The number of methoxy groups -OCH3 is 2. The summed E-state index contributed by atoms with van der Waals surface area (Å²) >= 11 is 6.51. The van der Waals surface area contributed by atoms with Gasteiger partial charge in [-0.1, -0.05) is 38.3 Å². The number of fused-ring (bicyclic) bond motifs is 1. The van der Waals surface area contributed by atoms with Crippen molar-refractivity contribution < 1.29 is 28.2 Å². The average Bonchev–Trinajstić information content (AvgIpc) is 3.44. The van der Waals surface area contributed by atoms with Crippen LogP contribution in [-0.2, 0) is 0 Å². The van der Waals surface area contributed by atoms with Crippen LogP contribution in [-0.4, -0.2) is 57.3 Å². The van der Waals surface area contributed by atoms with Crippen molar-refractivity contribution in [1.82, 2.24) is 19.3 Å². The molecule has 0 spiro atoms. The van der Waals surface area contributed by atoms with Crippen LogP contribution < -0.4 is 15.2 Å². The van der Waals surface area contributed by atoms with Crippen LogP contribution in [0.3, 0.4) is 0 Å². The highest BCUT2D eigenvalue weighted by Gasteiger charge is 2.46. The van der Waals surface area contributed by atoms with Gasteiger partial charge in [0.05, 0.1) is 20.4 Å². The molecule has 37 heavy (non-hydrogen) atoms. The third kappa shape index (κ3) is 4.46. The molecule has 9 nitrogen and oxygen atoms in total. The fourth-order valence-corrected chi connectivity index (χ4v) is 5.15. The molecule has 2 aromatic heterocycles. The van der Waals surface area contributed by atoms with Gasteiger partial charge in [-0.25, -0.2) is 23.5 Å². The van der Waals surface area contributed by atoms with Gasteiger partial charge in [0.25, 0.3) is 0 Å². The van der Waals surface area contributed by atoms with Crippen LogP contribution in [0.5, 0.6) is 11.5 Å². The van der Waals surface area contributed by atoms with Crippen molar-refractivity contribution in [1.29, 1.82) is 0 Å². The van der Waals surface area contributed by atoms with E-state index in [4.69, 9.17) is 26.8 Å². The summed E-state index contributed by atoms with van der Waals surface area (Å²) in [4.78, 5) is 22.1. The highest BCUT2D eigenvalue weighted by atomic mass is 35.5. The summed E-state index contributed by atoms with van der Waals surface area (Å²) in [5.41, 5.74) is 5.50. The number of hydrogen-bond acceptors (Lipinski definition) is 6. The zero-order chi connectivity index (χ0) is 27.2. The number of nitrogens with two attached hydrogens (primary N) is 1. The Morgan fingerprint density at radius 1 is 1.22 bits per heavy atom. The summed E-state index contributed by atoms with van der Waals surface area (Å²) in [7, 11) is 2.48. The van der Waals surface area contributed by atoms with E-state index in [1.54, 1.807) is 4.40 Å². The first-order valence-corrected chi connectivity index (χ1v) is 11.7. The Balaban J connectivity index is 1.94. The molecule has 4 rings (SSSR count). The molecule has 12 heteroatoms. The van der Waals surface area contributed by atoms with Crippen molar-refractivity contribution in [3.63, 3.8) is 0 Å². The van der Waals surface area contributed by atoms with Crippen LogP contribution in [0.2, 0.25) is 5.15 Å². The Hall–Kier alpha value is -3.78. The lowest BCUT2D eigenvalue weighted by atomic mass is 9.79. The predicted octanol–water partition coefficient (Wildman–Crippen LogP) is 4.54. The molecule has 1 aromatic carbocycles. The summed E-state index contributed by atoms with van der Waals surface area (Å²) in [5.74, 6) is 2.85. The first kappa shape index (κ1) is 26.3. The van der Waals surface area contributed by atoms with E-state index >= 15 is 0 Å². The van der Waals surface area contributed by atoms with E-state index in [9.17, 15) is 18.7 Å². The van der Waals surface area contributed by atoms with E-state index in [1.165, 1.54) is 25.3 Å². The molecule has 3 aromatic rings. The minimum absolute atomic E-state index is 0.0528. The van der Waals surface area contributed by atoms with Gasteiger partial charge in [-0.05, 0) is 17.8 Å². The molecule has 0 radical (unpaired) electrons. The lowest BCUT2D eigenvalue weighted by Crippen LogP contribution is -2.45. The average molecular weight is 534 g/mol. The van der Waals surface area contributed by atoms with Crippen molar-refractivity contribution >= 4 is 29.0 Å². The molecule has 1 aliphatic heterocycles. The topological polar surface area (TPSA) is 115 Å². The van der Waals surface area contributed by atoms with Crippen LogP contribution in [0.25, 0.3) is 5.52 Å². The molecule has 3 heterocycles. The Morgan fingerprint density at radius 2 is 1.84 bits per heavy atom. The first-order chi connectivity index (χ1) is 17.4. The smallest absolute Gasteiger partial charge is 0.407 e. The quantitative estimate of drug-likeness (QED) is 0.475. The number of rotatable bonds is 3. The molecule has 0 aliphatic carbocycles. The second kappa shape index (κ2) is 9.59. The van der Waals surface area contributed by atoms with E-state index < -0.39 is 34.7 Å². The molecule has 1 aliphatic rings.